The Morgan fingerprint density at radius 1 is 1.33 bits per heavy atom. The molecule has 0 aromatic carbocycles. The van der Waals surface area contributed by atoms with Gasteiger partial charge in [0.1, 0.15) is 11.8 Å². The molecule has 2 aliphatic rings. The van der Waals surface area contributed by atoms with Gasteiger partial charge in [0.25, 0.3) is 0 Å². The van der Waals surface area contributed by atoms with Crippen molar-refractivity contribution in [2.24, 2.45) is 0 Å². The van der Waals surface area contributed by atoms with Crippen LogP contribution in [-0.2, 0) is 0 Å². The van der Waals surface area contributed by atoms with Crippen molar-refractivity contribution in [3.05, 3.63) is 18.0 Å². The number of hydrogen-bond acceptors (Lipinski definition) is 5. The molecule has 5 nitrogen and oxygen atoms in total. The molecule has 0 radical (unpaired) electrons. The van der Waals surface area contributed by atoms with E-state index >= 15 is 0 Å². The minimum absolute atomic E-state index is 0.422. The summed E-state index contributed by atoms with van der Waals surface area (Å²) in [7, 11) is 0. The van der Waals surface area contributed by atoms with Gasteiger partial charge in [0, 0.05) is 24.8 Å². The zero-order valence-corrected chi connectivity index (χ0v) is 10.3. The highest BCUT2D eigenvalue weighted by Gasteiger charge is 2.35. The second kappa shape index (κ2) is 4.91. The molecule has 0 aliphatic carbocycles. The molecule has 2 atom stereocenters. The summed E-state index contributed by atoms with van der Waals surface area (Å²) in [5.74, 6) is 0.589. The Kier molecular flexibility index (Phi) is 3.11. The molecule has 0 saturated carbocycles. The zero-order valence-electron chi connectivity index (χ0n) is 10.3. The number of piperidine rings is 1. The summed E-state index contributed by atoms with van der Waals surface area (Å²) in [4.78, 5) is 11.0. The summed E-state index contributed by atoms with van der Waals surface area (Å²) in [6.07, 6.45) is 6.68. The fraction of sp³-hybridized carbons (Fsp3) is 0.615. The van der Waals surface area contributed by atoms with Crippen molar-refractivity contribution >= 4 is 5.95 Å². The number of anilines is 1. The van der Waals surface area contributed by atoms with Crippen LogP contribution in [0.3, 0.4) is 0 Å². The van der Waals surface area contributed by atoms with Crippen molar-refractivity contribution in [3.63, 3.8) is 0 Å². The minimum atomic E-state index is 0.422. The lowest BCUT2D eigenvalue weighted by molar-refractivity contribution is 0.192. The maximum absolute atomic E-state index is 8.83. The van der Waals surface area contributed by atoms with Gasteiger partial charge < -0.3 is 5.32 Å². The van der Waals surface area contributed by atoms with Gasteiger partial charge in [0.2, 0.25) is 5.95 Å². The Morgan fingerprint density at radius 2 is 2.28 bits per heavy atom. The van der Waals surface area contributed by atoms with Crippen LogP contribution in [0.15, 0.2) is 12.3 Å². The summed E-state index contributed by atoms with van der Waals surface area (Å²) < 4.78 is 0. The molecule has 2 unspecified atom stereocenters. The van der Waals surface area contributed by atoms with E-state index in [1.54, 1.807) is 12.3 Å². The normalized spacial score (nSPS) is 27.5. The van der Waals surface area contributed by atoms with E-state index in [-0.39, 0.29) is 0 Å². The van der Waals surface area contributed by atoms with Crippen molar-refractivity contribution in [2.45, 2.75) is 37.8 Å². The summed E-state index contributed by atoms with van der Waals surface area (Å²) in [6, 6.07) is 4.73. The number of nitriles is 1. The second-order valence-corrected chi connectivity index (χ2v) is 5.02. The molecule has 2 saturated heterocycles. The van der Waals surface area contributed by atoms with Crippen LogP contribution < -0.4 is 5.32 Å². The van der Waals surface area contributed by atoms with Crippen LogP contribution in [-0.4, -0.2) is 40.0 Å². The summed E-state index contributed by atoms with van der Waals surface area (Å²) in [5.41, 5.74) is 0.422. The predicted molar refractivity (Wildman–Crippen MR) is 68.0 cm³/mol. The van der Waals surface area contributed by atoms with E-state index < -0.39 is 0 Å². The largest absolute Gasteiger partial charge is 0.350 e. The number of rotatable bonds is 2. The molecule has 3 heterocycles. The van der Waals surface area contributed by atoms with Crippen LogP contribution in [0.2, 0.25) is 0 Å². The fourth-order valence-corrected chi connectivity index (χ4v) is 3.07. The van der Waals surface area contributed by atoms with Crippen molar-refractivity contribution in [3.8, 4) is 6.07 Å². The summed E-state index contributed by atoms with van der Waals surface area (Å²) in [5, 5.41) is 12.2. The summed E-state index contributed by atoms with van der Waals surface area (Å²) in [6.45, 7) is 2.39. The number of hydrogen-bond donors (Lipinski definition) is 1. The van der Waals surface area contributed by atoms with Gasteiger partial charge in [-0.05, 0) is 31.9 Å². The monoisotopic (exact) mass is 243 g/mol. The van der Waals surface area contributed by atoms with Crippen molar-refractivity contribution in [1.82, 2.24) is 14.9 Å². The standard InChI is InChI=1S/C13H17N5/c14-9-10-4-6-15-13(16-10)17-11-5-8-18-7-2-1-3-12(11)18/h4,6,11-12H,1-3,5,7-8H2,(H,15,16,17). The van der Waals surface area contributed by atoms with E-state index in [9.17, 15) is 0 Å². The van der Waals surface area contributed by atoms with E-state index in [2.05, 4.69) is 20.2 Å². The topological polar surface area (TPSA) is 64.8 Å². The first-order chi connectivity index (χ1) is 8.86. The highest BCUT2D eigenvalue weighted by molar-refractivity contribution is 5.32. The molecule has 18 heavy (non-hydrogen) atoms. The molecule has 2 fully saturated rings. The molecular weight excluding hydrogens is 226 g/mol. The lowest BCUT2D eigenvalue weighted by Crippen LogP contribution is -2.42. The maximum atomic E-state index is 8.83. The van der Waals surface area contributed by atoms with Gasteiger partial charge >= 0.3 is 0 Å². The predicted octanol–water partition coefficient (Wildman–Crippen LogP) is 1.39. The highest BCUT2D eigenvalue weighted by atomic mass is 15.2. The van der Waals surface area contributed by atoms with E-state index in [0.29, 0.717) is 23.7 Å². The number of nitrogens with one attached hydrogen (secondary N) is 1. The number of nitrogens with zero attached hydrogens (tertiary/aromatic N) is 4. The smallest absolute Gasteiger partial charge is 0.224 e. The quantitative estimate of drug-likeness (QED) is 0.850. The van der Waals surface area contributed by atoms with Gasteiger partial charge in [-0.2, -0.15) is 5.26 Å². The first-order valence-corrected chi connectivity index (χ1v) is 6.60. The van der Waals surface area contributed by atoms with Gasteiger partial charge in [-0.25, -0.2) is 9.97 Å². The van der Waals surface area contributed by atoms with E-state index in [1.165, 1.54) is 32.4 Å². The third-order valence-corrected chi connectivity index (χ3v) is 3.94. The van der Waals surface area contributed by atoms with Crippen molar-refractivity contribution in [2.75, 3.05) is 18.4 Å². The Labute approximate surface area is 107 Å². The van der Waals surface area contributed by atoms with E-state index in [1.807, 2.05) is 6.07 Å². The Hall–Kier alpha value is -1.67. The van der Waals surface area contributed by atoms with Crippen molar-refractivity contribution in [1.29, 1.82) is 5.26 Å². The SMILES string of the molecule is N#Cc1ccnc(NC2CCN3CCCCC23)n1. The molecule has 1 aromatic heterocycles. The Balaban J connectivity index is 1.71. The fourth-order valence-electron chi connectivity index (χ4n) is 3.07. The van der Waals surface area contributed by atoms with Crippen LogP contribution in [0, 0.1) is 11.3 Å². The van der Waals surface area contributed by atoms with Gasteiger partial charge in [-0.15, -0.1) is 0 Å². The molecule has 0 spiro atoms. The second-order valence-electron chi connectivity index (χ2n) is 5.02. The maximum Gasteiger partial charge on any atom is 0.224 e. The van der Waals surface area contributed by atoms with Crippen molar-refractivity contribution < 1.29 is 0 Å². The lowest BCUT2D eigenvalue weighted by atomic mass is 9.99. The van der Waals surface area contributed by atoms with E-state index in [4.69, 9.17) is 5.26 Å². The number of fused-ring (bicyclic) bond motifs is 1. The van der Waals surface area contributed by atoms with Crippen LogP contribution in [0.1, 0.15) is 31.4 Å². The molecule has 1 aromatic rings. The lowest BCUT2D eigenvalue weighted by Gasteiger charge is -2.32. The van der Waals surface area contributed by atoms with E-state index in [0.717, 1.165) is 6.42 Å². The average Bonchev–Trinajstić information content (AvgIpc) is 2.83. The molecule has 5 heteroatoms. The third-order valence-electron chi connectivity index (χ3n) is 3.94. The average molecular weight is 243 g/mol. The molecule has 0 bridgehead atoms. The molecule has 3 rings (SSSR count). The zero-order chi connectivity index (χ0) is 12.4. The van der Waals surface area contributed by atoms with Gasteiger partial charge in [-0.1, -0.05) is 6.42 Å². The Bertz CT molecular complexity index is 467. The first kappa shape index (κ1) is 11.4. The first-order valence-electron chi connectivity index (χ1n) is 6.60. The van der Waals surface area contributed by atoms with Crippen LogP contribution >= 0.6 is 0 Å². The summed E-state index contributed by atoms with van der Waals surface area (Å²) >= 11 is 0. The van der Waals surface area contributed by atoms with Gasteiger partial charge in [-0.3, -0.25) is 4.90 Å². The molecule has 1 N–H and O–H groups in total. The molecule has 94 valence electrons. The van der Waals surface area contributed by atoms with Crippen LogP contribution in [0.5, 0.6) is 0 Å². The third kappa shape index (κ3) is 2.16. The van der Waals surface area contributed by atoms with Crippen LogP contribution in [0.25, 0.3) is 0 Å². The number of aromatic nitrogens is 2. The molecule has 0 amide bonds. The Morgan fingerprint density at radius 3 is 3.17 bits per heavy atom. The highest BCUT2D eigenvalue weighted by Crippen LogP contribution is 2.28. The van der Waals surface area contributed by atoms with Gasteiger partial charge in [0.15, 0.2) is 0 Å². The van der Waals surface area contributed by atoms with Gasteiger partial charge in [0.05, 0.1) is 0 Å². The molecule has 2 aliphatic heterocycles. The van der Waals surface area contributed by atoms with Crippen LogP contribution in [0.4, 0.5) is 5.95 Å². The minimum Gasteiger partial charge on any atom is -0.350 e. The molecular formula is C13H17N5.